The normalized spacial score (nSPS) is 24.7. The third-order valence-corrected chi connectivity index (χ3v) is 4.85. The fraction of sp³-hybridized carbons (Fsp3) is 0.500. The summed E-state index contributed by atoms with van der Waals surface area (Å²) in [6, 6.07) is 1.94. The van der Waals surface area contributed by atoms with Gasteiger partial charge >= 0.3 is 0 Å². The van der Waals surface area contributed by atoms with Crippen LogP contribution in [-0.4, -0.2) is 35.3 Å². The lowest BCUT2D eigenvalue weighted by Gasteiger charge is -2.26. The molecule has 3 nitrogen and oxygen atoms in total. The van der Waals surface area contributed by atoms with Gasteiger partial charge in [-0.05, 0) is 17.9 Å². The predicted octanol–water partition coefficient (Wildman–Crippen LogP) is 1.73. The smallest absolute Gasteiger partial charge is 0.235 e. The molecular weight excluding hydrogens is 230 g/mol. The SMILES string of the molecule is CN(C)C(=O)C1CC(O)c2ccsc2S1. The van der Waals surface area contributed by atoms with Gasteiger partial charge in [-0.3, -0.25) is 4.79 Å². The Hall–Kier alpha value is -0.520. The summed E-state index contributed by atoms with van der Waals surface area (Å²) >= 11 is 3.17. The number of aliphatic hydroxyl groups excluding tert-OH is 1. The van der Waals surface area contributed by atoms with Gasteiger partial charge in [0.1, 0.15) is 0 Å². The van der Waals surface area contributed by atoms with E-state index in [-0.39, 0.29) is 11.2 Å². The second-order valence-electron chi connectivity index (χ2n) is 3.75. The first-order valence-electron chi connectivity index (χ1n) is 4.73. The van der Waals surface area contributed by atoms with E-state index in [9.17, 15) is 9.90 Å². The molecule has 1 aliphatic heterocycles. The van der Waals surface area contributed by atoms with Crippen molar-refractivity contribution in [3.8, 4) is 0 Å². The number of carbonyl (C=O) groups excluding carboxylic acids is 1. The van der Waals surface area contributed by atoms with Crippen LogP contribution in [0.15, 0.2) is 15.7 Å². The molecule has 2 unspecified atom stereocenters. The maximum absolute atomic E-state index is 11.8. The predicted molar refractivity (Wildman–Crippen MR) is 62.2 cm³/mol. The molecule has 1 amide bonds. The molecule has 5 heteroatoms. The first-order valence-corrected chi connectivity index (χ1v) is 6.49. The third-order valence-electron chi connectivity index (χ3n) is 2.42. The van der Waals surface area contributed by atoms with E-state index in [0.29, 0.717) is 6.42 Å². The Morgan fingerprint density at radius 3 is 3.00 bits per heavy atom. The number of aliphatic hydroxyl groups is 1. The summed E-state index contributed by atoms with van der Waals surface area (Å²) in [6.45, 7) is 0. The lowest BCUT2D eigenvalue weighted by Crippen LogP contribution is -2.34. The van der Waals surface area contributed by atoms with E-state index in [4.69, 9.17) is 0 Å². The molecular formula is C10H13NO2S2. The van der Waals surface area contributed by atoms with Crippen LogP contribution in [0.25, 0.3) is 0 Å². The van der Waals surface area contributed by atoms with Crippen molar-refractivity contribution in [2.75, 3.05) is 14.1 Å². The molecule has 0 saturated carbocycles. The zero-order valence-corrected chi connectivity index (χ0v) is 10.3. The molecule has 0 fully saturated rings. The zero-order chi connectivity index (χ0) is 11.0. The average molecular weight is 243 g/mol. The van der Waals surface area contributed by atoms with Gasteiger partial charge in [-0.25, -0.2) is 0 Å². The molecule has 2 rings (SSSR count). The van der Waals surface area contributed by atoms with Crippen LogP contribution in [-0.2, 0) is 4.79 Å². The number of thiophene rings is 1. The number of fused-ring (bicyclic) bond motifs is 1. The highest BCUT2D eigenvalue weighted by Crippen LogP contribution is 2.44. The summed E-state index contributed by atoms with van der Waals surface area (Å²) in [5.41, 5.74) is 0.979. The number of rotatable bonds is 1. The minimum Gasteiger partial charge on any atom is -0.388 e. The van der Waals surface area contributed by atoms with Gasteiger partial charge in [0, 0.05) is 19.7 Å². The Labute approximate surface area is 97.1 Å². The largest absolute Gasteiger partial charge is 0.388 e. The highest BCUT2D eigenvalue weighted by molar-refractivity contribution is 8.02. The highest BCUT2D eigenvalue weighted by Gasteiger charge is 2.32. The summed E-state index contributed by atoms with van der Waals surface area (Å²) in [4.78, 5) is 13.4. The topological polar surface area (TPSA) is 40.5 Å². The van der Waals surface area contributed by atoms with Crippen LogP contribution in [0.1, 0.15) is 18.1 Å². The Kier molecular flexibility index (Phi) is 3.04. The maximum atomic E-state index is 11.8. The summed E-state index contributed by atoms with van der Waals surface area (Å²) in [7, 11) is 3.50. The Morgan fingerprint density at radius 1 is 1.60 bits per heavy atom. The van der Waals surface area contributed by atoms with E-state index in [1.54, 1.807) is 42.1 Å². The average Bonchev–Trinajstić information content (AvgIpc) is 2.64. The lowest BCUT2D eigenvalue weighted by molar-refractivity contribution is -0.128. The Bertz CT molecular complexity index is 375. The van der Waals surface area contributed by atoms with Crippen LogP contribution in [0.2, 0.25) is 0 Å². The van der Waals surface area contributed by atoms with Gasteiger partial charge in [0.05, 0.1) is 15.6 Å². The lowest BCUT2D eigenvalue weighted by atomic mass is 10.1. The standard InChI is InChI=1S/C10H13NO2S2/c1-11(2)9(13)8-5-7(12)6-3-4-14-10(6)15-8/h3-4,7-8,12H,5H2,1-2H3. The maximum Gasteiger partial charge on any atom is 0.235 e. The van der Waals surface area contributed by atoms with E-state index >= 15 is 0 Å². The van der Waals surface area contributed by atoms with E-state index in [1.807, 2.05) is 11.4 Å². The van der Waals surface area contributed by atoms with Crippen LogP contribution >= 0.6 is 23.1 Å². The molecule has 0 radical (unpaired) electrons. The van der Waals surface area contributed by atoms with Gasteiger partial charge in [0.15, 0.2) is 0 Å². The summed E-state index contributed by atoms with van der Waals surface area (Å²) in [5, 5.41) is 11.7. The van der Waals surface area contributed by atoms with Crippen molar-refractivity contribution in [3.05, 3.63) is 17.0 Å². The number of carbonyl (C=O) groups is 1. The third kappa shape index (κ3) is 2.04. The van der Waals surface area contributed by atoms with Gasteiger partial charge in [-0.15, -0.1) is 23.1 Å². The van der Waals surface area contributed by atoms with Gasteiger partial charge in [-0.2, -0.15) is 0 Å². The molecule has 1 aromatic heterocycles. The van der Waals surface area contributed by atoms with Gasteiger partial charge in [0.25, 0.3) is 0 Å². The monoisotopic (exact) mass is 243 g/mol. The summed E-state index contributed by atoms with van der Waals surface area (Å²) in [6.07, 6.45) is 0.0344. The minimum atomic E-state index is -0.485. The van der Waals surface area contributed by atoms with Gasteiger partial charge in [-0.1, -0.05) is 0 Å². The molecule has 2 atom stereocenters. The molecule has 15 heavy (non-hydrogen) atoms. The van der Waals surface area contributed by atoms with E-state index in [1.165, 1.54) is 0 Å². The van der Waals surface area contributed by atoms with Crippen LogP contribution in [0.4, 0.5) is 0 Å². The molecule has 1 aromatic rings. The van der Waals surface area contributed by atoms with Crippen molar-refractivity contribution in [1.29, 1.82) is 0 Å². The molecule has 1 aliphatic rings. The number of hydrogen-bond acceptors (Lipinski definition) is 4. The number of hydrogen-bond donors (Lipinski definition) is 1. The Morgan fingerprint density at radius 2 is 2.33 bits per heavy atom. The number of amides is 1. The highest BCUT2D eigenvalue weighted by atomic mass is 32.2. The van der Waals surface area contributed by atoms with Crippen molar-refractivity contribution >= 4 is 29.0 Å². The van der Waals surface area contributed by atoms with Crippen molar-refractivity contribution in [3.63, 3.8) is 0 Å². The van der Waals surface area contributed by atoms with Crippen molar-refractivity contribution in [2.45, 2.75) is 22.0 Å². The fourth-order valence-corrected chi connectivity index (χ4v) is 4.20. The van der Waals surface area contributed by atoms with E-state index in [0.717, 1.165) is 9.77 Å². The quantitative estimate of drug-likeness (QED) is 0.816. The van der Waals surface area contributed by atoms with Gasteiger partial charge in [0.2, 0.25) is 5.91 Å². The molecule has 0 spiro atoms. The molecule has 0 bridgehead atoms. The van der Waals surface area contributed by atoms with Gasteiger partial charge < -0.3 is 10.0 Å². The molecule has 82 valence electrons. The molecule has 0 aromatic carbocycles. The minimum absolute atomic E-state index is 0.0816. The van der Waals surface area contributed by atoms with E-state index in [2.05, 4.69) is 0 Å². The van der Waals surface area contributed by atoms with Crippen LogP contribution in [0.3, 0.4) is 0 Å². The van der Waals surface area contributed by atoms with E-state index < -0.39 is 6.10 Å². The van der Waals surface area contributed by atoms with Crippen molar-refractivity contribution < 1.29 is 9.90 Å². The van der Waals surface area contributed by atoms with Crippen LogP contribution in [0.5, 0.6) is 0 Å². The number of thioether (sulfide) groups is 1. The first-order chi connectivity index (χ1) is 7.09. The summed E-state index contributed by atoms with van der Waals surface area (Å²) in [5.74, 6) is 0.0816. The molecule has 2 heterocycles. The van der Waals surface area contributed by atoms with Crippen molar-refractivity contribution in [2.24, 2.45) is 0 Å². The van der Waals surface area contributed by atoms with Crippen LogP contribution in [0, 0.1) is 0 Å². The van der Waals surface area contributed by atoms with Crippen molar-refractivity contribution in [1.82, 2.24) is 4.90 Å². The fourth-order valence-electron chi connectivity index (χ4n) is 1.59. The zero-order valence-electron chi connectivity index (χ0n) is 8.64. The van der Waals surface area contributed by atoms with Crippen LogP contribution < -0.4 is 0 Å². The molecule has 0 aliphatic carbocycles. The number of nitrogens with zero attached hydrogens (tertiary/aromatic N) is 1. The first kappa shape index (κ1) is 11.0. The Balaban J connectivity index is 2.19. The molecule has 0 saturated heterocycles. The second-order valence-corrected chi connectivity index (χ2v) is 6.14. The molecule has 1 N–H and O–H groups in total. The second kappa shape index (κ2) is 4.15. The summed E-state index contributed by atoms with van der Waals surface area (Å²) < 4.78 is 1.08.